The summed E-state index contributed by atoms with van der Waals surface area (Å²) in [4.78, 5) is 23.0. The van der Waals surface area contributed by atoms with E-state index >= 15 is 0 Å². The molecule has 108 valence electrons. The molecule has 2 N–H and O–H groups in total. The summed E-state index contributed by atoms with van der Waals surface area (Å²) in [5, 5.41) is 11.5. The Balaban J connectivity index is 2.33. The Hall–Kier alpha value is -2.47. The standard InChI is InChI=1S/C14H8ClF2NO3/c15-8-2-3-9(14(20)21)12(6-8)18-13(19)7-1-4-10(16)11(17)5-7/h1-6H,(H,18,19)(H,20,21). The second kappa shape index (κ2) is 5.88. The van der Waals surface area contributed by atoms with E-state index in [1.54, 1.807) is 0 Å². The second-order valence-corrected chi connectivity index (χ2v) is 4.51. The summed E-state index contributed by atoms with van der Waals surface area (Å²) in [5.74, 6) is -4.29. The van der Waals surface area contributed by atoms with Gasteiger partial charge < -0.3 is 10.4 Å². The van der Waals surface area contributed by atoms with Crippen molar-refractivity contribution in [2.45, 2.75) is 0 Å². The molecule has 0 fully saturated rings. The Morgan fingerprint density at radius 2 is 1.76 bits per heavy atom. The van der Waals surface area contributed by atoms with E-state index in [9.17, 15) is 18.4 Å². The van der Waals surface area contributed by atoms with Crippen LogP contribution in [0.25, 0.3) is 0 Å². The highest BCUT2D eigenvalue weighted by molar-refractivity contribution is 6.31. The third kappa shape index (κ3) is 3.35. The SMILES string of the molecule is O=C(Nc1cc(Cl)ccc1C(=O)O)c1ccc(F)c(F)c1. The summed E-state index contributed by atoms with van der Waals surface area (Å²) in [6.45, 7) is 0. The summed E-state index contributed by atoms with van der Waals surface area (Å²) in [5.41, 5.74) is -0.356. The van der Waals surface area contributed by atoms with Crippen LogP contribution in [-0.4, -0.2) is 17.0 Å². The van der Waals surface area contributed by atoms with Gasteiger partial charge in [-0.2, -0.15) is 0 Å². The van der Waals surface area contributed by atoms with Crippen LogP contribution in [0.15, 0.2) is 36.4 Å². The Bertz CT molecular complexity index is 734. The van der Waals surface area contributed by atoms with Gasteiger partial charge in [0.1, 0.15) is 0 Å². The average Bonchev–Trinajstić information content (AvgIpc) is 2.41. The van der Waals surface area contributed by atoms with Crippen molar-refractivity contribution < 1.29 is 23.5 Å². The lowest BCUT2D eigenvalue weighted by molar-refractivity contribution is 0.0698. The molecule has 0 unspecified atom stereocenters. The monoisotopic (exact) mass is 311 g/mol. The van der Waals surface area contributed by atoms with Crippen LogP contribution in [0.5, 0.6) is 0 Å². The molecule has 7 heteroatoms. The molecule has 2 rings (SSSR count). The van der Waals surface area contributed by atoms with Gasteiger partial charge in [-0.25, -0.2) is 13.6 Å². The normalized spacial score (nSPS) is 10.2. The van der Waals surface area contributed by atoms with Gasteiger partial charge in [0.2, 0.25) is 0 Å². The van der Waals surface area contributed by atoms with E-state index in [1.807, 2.05) is 0 Å². The van der Waals surface area contributed by atoms with Crippen LogP contribution in [0.3, 0.4) is 0 Å². The van der Waals surface area contributed by atoms with Crippen molar-refractivity contribution in [3.05, 3.63) is 64.2 Å². The van der Waals surface area contributed by atoms with Crippen molar-refractivity contribution >= 4 is 29.2 Å². The highest BCUT2D eigenvalue weighted by Crippen LogP contribution is 2.22. The Labute approximate surface area is 123 Å². The number of benzene rings is 2. The minimum Gasteiger partial charge on any atom is -0.478 e. The van der Waals surface area contributed by atoms with E-state index in [0.717, 1.165) is 18.2 Å². The molecule has 0 saturated carbocycles. The zero-order valence-corrected chi connectivity index (χ0v) is 11.1. The summed E-state index contributed by atoms with van der Waals surface area (Å²) >= 11 is 5.74. The first-order valence-corrected chi connectivity index (χ1v) is 6.05. The predicted octanol–water partition coefficient (Wildman–Crippen LogP) is 3.57. The zero-order chi connectivity index (χ0) is 15.6. The fourth-order valence-corrected chi connectivity index (χ4v) is 1.81. The average molecular weight is 312 g/mol. The molecule has 1 amide bonds. The first kappa shape index (κ1) is 14.9. The molecule has 0 saturated heterocycles. The third-order valence-corrected chi connectivity index (χ3v) is 2.88. The third-order valence-electron chi connectivity index (χ3n) is 2.64. The summed E-state index contributed by atoms with van der Waals surface area (Å²) in [6, 6.07) is 6.45. The van der Waals surface area contributed by atoms with Crippen LogP contribution in [0, 0.1) is 11.6 Å². The van der Waals surface area contributed by atoms with E-state index < -0.39 is 23.5 Å². The molecule has 4 nitrogen and oxygen atoms in total. The van der Waals surface area contributed by atoms with E-state index in [1.165, 1.54) is 18.2 Å². The smallest absolute Gasteiger partial charge is 0.337 e. The Kier molecular flexibility index (Phi) is 4.18. The number of hydrogen-bond donors (Lipinski definition) is 2. The maximum absolute atomic E-state index is 13.1. The van der Waals surface area contributed by atoms with Gasteiger partial charge in [-0.15, -0.1) is 0 Å². The lowest BCUT2D eigenvalue weighted by Crippen LogP contribution is -2.15. The molecule has 0 bridgehead atoms. The Morgan fingerprint density at radius 1 is 1.05 bits per heavy atom. The fraction of sp³-hybridized carbons (Fsp3) is 0. The van der Waals surface area contributed by atoms with Gasteiger partial charge in [-0.3, -0.25) is 4.79 Å². The molecule has 0 radical (unpaired) electrons. The van der Waals surface area contributed by atoms with E-state index in [0.29, 0.717) is 0 Å². The van der Waals surface area contributed by atoms with Crippen LogP contribution in [0.1, 0.15) is 20.7 Å². The summed E-state index contributed by atoms with van der Waals surface area (Å²) in [6.07, 6.45) is 0. The highest BCUT2D eigenvalue weighted by atomic mass is 35.5. The van der Waals surface area contributed by atoms with E-state index in [2.05, 4.69) is 5.32 Å². The number of carboxylic acid groups (broad SMARTS) is 1. The van der Waals surface area contributed by atoms with Crippen molar-refractivity contribution in [1.82, 2.24) is 0 Å². The molecular formula is C14H8ClF2NO3. The van der Waals surface area contributed by atoms with Crippen LogP contribution < -0.4 is 5.32 Å². The molecule has 2 aromatic carbocycles. The van der Waals surface area contributed by atoms with Crippen molar-refractivity contribution in [3.63, 3.8) is 0 Å². The number of carboxylic acids is 1. The number of halogens is 3. The summed E-state index contributed by atoms with van der Waals surface area (Å²) in [7, 11) is 0. The number of anilines is 1. The first-order chi connectivity index (χ1) is 9.88. The number of carbonyl (C=O) groups excluding carboxylic acids is 1. The largest absolute Gasteiger partial charge is 0.478 e. The number of rotatable bonds is 3. The predicted molar refractivity (Wildman–Crippen MR) is 72.7 cm³/mol. The van der Waals surface area contributed by atoms with Gasteiger partial charge >= 0.3 is 5.97 Å². The van der Waals surface area contributed by atoms with Crippen LogP contribution >= 0.6 is 11.6 Å². The van der Waals surface area contributed by atoms with Crippen molar-refractivity contribution in [2.75, 3.05) is 5.32 Å². The minimum absolute atomic E-state index is 0.0373. The molecule has 0 heterocycles. The quantitative estimate of drug-likeness (QED) is 0.910. The molecule has 0 spiro atoms. The maximum atomic E-state index is 13.1. The van der Waals surface area contributed by atoms with Crippen molar-refractivity contribution in [1.29, 1.82) is 0 Å². The van der Waals surface area contributed by atoms with Gasteiger partial charge in [0.05, 0.1) is 11.3 Å². The molecule has 0 aliphatic rings. The molecule has 0 atom stereocenters. The van der Waals surface area contributed by atoms with Gasteiger partial charge in [0, 0.05) is 10.6 Å². The minimum atomic E-state index is -1.26. The van der Waals surface area contributed by atoms with Gasteiger partial charge in [0.25, 0.3) is 5.91 Å². The van der Waals surface area contributed by atoms with Crippen molar-refractivity contribution in [3.8, 4) is 0 Å². The lowest BCUT2D eigenvalue weighted by atomic mass is 10.1. The Morgan fingerprint density at radius 3 is 2.38 bits per heavy atom. The highest BCUT2D eigenvalue weighted by Gasteiger charge is 2.15. The van der Waals surface area contributed by atoms with Gasteiger partial charge in [0.15, 0.2) is 11.6 Å². The first-order valence-electron chi connectivity index (χ1n) is 5.67. The van der Waals surface area contributed by atoms with Crippen LogP contribution in [-0.2, 0) is 0 Å². The van der Waals surface area contributed by atoms with Gasteiger partial charge in [-0.05, 0) is 36.4 Å². The van der Waals surface area contributed by atoms with E-state index in [4.69, 9.17) is 16.7 Å². The molecular weight excluding hydrogens is 304 g/mol. The maximum Gasteiger partial charge on any atom is 0.337 e. The molecule has 0 aliphatic carbocycles. The second-order valence-electron chi connectivity index (χ2n) is 4.08. The van der Waals surface area contributed by atoms with Crippen LogP contribution in [0.4, 0.5) is 14.5 Å². The molecule has 0 aliphatic heterocycles. The topological polar surface area (TPSA) is 66.4 Å². The fourth-order valence-electron chi connectivity index (χ4n) is 1.64. The number of nitrogens with one attached hydrogen (secondary N) is 1. The number of aromatic carboxylic acids is 1. The lowest BCUT2D eigenvalue weighted by Gasteiger charge is -2.09. The van der Waals surface area contributed by atoms with Crippen LogP contribution in [0.2, 0.25) is 5.02 Å². The van der Waals surface area contributed by atoms with Gasteiger partial charge in [-0.1, -0.05) is 11.6 Å². The van der Waals surface area contributed by atoms with Crippen molar-refractivity contribution in [2.24, 2.45) is 0 Å². The number of hydrogen-bond acceptors (Lipinski definition) is 2. The van der Waals surface area contributed by atoms with E-state index in [-0.39, 0.29) is 21.8 Å². The number of amides is 1. The molecule has 21 heavy (non-hydrogen) atoms. The molecule has 2 aromatic rings. The summed E-state index contributed by atoms with van der Waals surface area (Å²) < 4.78 is 25.9. The molecule has 0 aromatic heterocycles. The zero-order valence-electron chi connectivity index (χ0n) is 10.4. The number of carbonyl (C=O) groups is 2.